The molecule has 0 radical (unpaired) electrons. The van der Waals surface area contributed by atoms with Crippen molar-refractivity contribution in [2.75, 3.05) is 5.73 Å². The lowest BCUT2D eigenvalue weighted by atomic mass is 10.1. The van der Waals surface area contributed by atoms with Gasteiger partial charge in [-0.3, -0.25) is 0 Å². The maximum Gasteiger partial charge on any atom is 0.267 e. The lowest BCUT2D eigenvalue weighted by Gasteiger charge is -2.08. The number of pyridine rings is 1. The Morgan fingerprint density at radius 3 is 2.54 bits per heavy atom. The van der Waals surface area contributed by atoms with E-state index in [1.165, 1.54) is 0 Å². The van der Waals surface area contributed by atoms with E-state index in [9.17, 15) is 13.2 Å². The number of nitrogen functional groups attached to an aromatic ring is 1. The first-order chi connectivity index (χ1) is 6.06. The zero-order chi connectivity index (χ0) is 10.0. The van der Waals surface area contributed by atoms with Gasteiger partial charge in [0, 0.05) is 18.3 Å². The maximum absolute atomic E-state index is 12.6. The fourth-order valence-corrected chi connectivity index (χ4v) is 1.00. The number of nitrogens with two attached hydrogens (primary N) is 2. The standard InChI is InChI=1S/C7H8F3N3/c8-5-1-3(12)6(7(9)10)4(2-11)13-5/h1,7H,2,11H2,(H2,12,13). The Balaban J connectivity index is 3.30. The van der Waals surface area contributed by atoms with Gasteiger partial charge in [0.2, 0.25) is 5.95 Å². The molecule has 0 saturated carbocycles. The van der Waals surface area contributed by atoms with Crippen molar-refractivity contribution in [1.29, 1.82) is 0 Å². The molecule has 0 aromatic carbocycles. The zero-order valence-corrected chi connectivity index (χ0v) is 6.60. The van der Waals surface area contributed by atoms with Gasteiger partial charge in [-0.15, -0.1) is 0 Å². The van der Waals surface area contributed by atoms with Gasteiger partial charge in [-0.05, 0) is 0 Å². The van der Waals surface area contributed by atoms with Crippen LogP contribution in [0.25, 0.3) is 0 Å². The summed E-state index contributed by atoms with van der Waals surface area (Å²) in [4.78, 5) is 3.22. The summed E-state index contributed by atoms with van der Waals surface area (Å²) in [5.74, 6) is -0.901. The molecular weight excluding hydrogens is 183 g/mol. The number of hydrogen-bond acceptors (Lipinski definition) is 3. The topological polar surface area (TPSA) is 64.9 Å². The summed E-state index contributed by atoms with van der Waals surface area (Å²) in [5, 5.41) is 0. The first-order valence-corrected chi connectivity index (χ1v) is 3.49. The van der Waals surface area contributed by atoms with Crippen molar-refractivity contribution < 1.29 is 13.2 Å². The van der Waals surface area contributed by atoms with E-state index in [2.05, 4.69) is 4.98 Å². The summed E-state index contributed by atoms with van der Waals surface area (Å²) < 4.78 is 37.2. The monoisotopic (exact) mass is 191 g/mol. The third kappa shape index (κ3) is 1.89. The van der Waals surface area contributed by atoms with Crippen LogP contribution in [-0.4, -0.2) is 4.98 Å². The van der Waals surface area contributed by atoms with Crippen molar-refractivity contribution in [3.8, 4) is 0 Å². The van der Waals surface area contributed by atoms with Crippen LogP contribution in [0.5, 0.6) is 0 Å². The fraction of sp³-hybridized carbons (Fsp3) is 0.286. The number of aromatic nitrogens is 1. The molecule has 72 valence electrons. The SMILES string of the molecule is NCc1nc(F)cc(N)c1C(F)F. The molecule has 0 aliphatic heterocycles. The highest BCUT2D eigenvalue weighted by Gasteiger charge is 2.18. The van der Waals surface area contributed by atoms with Crippen LogP contribution < -0.4 is 11.5 Å². The fourth-order valence-electron chi connectivity index (χ4n) is 1.00. The minimum atomic E-state index is -2.79. The number of hydrogen-bond donors (Lipinski definition) is 2. The third-order valence-electron chi connectivity index (χ3n) is 1.55. The average Bonchev–Trinajstić information content (AvgIpc) is 2.01. The second-order valence-electron chi connectivity index (χ2n) is 2.40. The Labute approximate surface area is 72.6 Å². The second-order valence-corrected chi connectivity index (χ2v) is 2.40. The third-order valence-corrected chi connectivity index (χ3v) is 1.55. The molecule has 0 saturated heterocycles. The highest BCUT2D eigenvalue weighted by Crippen LogP contribution is 2.27. The molecule has 0 unspecified atom stereocenters. The molecule has 1 aromatic heterocycles. The molecule has 4 N–H and O–H groups in total. The lowest BCUT2D eigenvalue weighted by molar-refractivity contribution is 0.150. The average molecular weight is 191 g/mol. The molecule has 0 aliphatic carbocycles. The number of nitrogens with zero attached hydrogens (tertiary/aromatic N) is 1. The Morgan fingerprint density at radius 2 is 2.08 bits per heavy atom. The van der Waals surface area contributed by atoms with E-state index in [1.54, 1.807) is 0 Å². The molecule has 3 nitrogen and oxygen atoms in total. The molecule has 0 fully saturated rings. The van der Waals surface area contributed by atoms with Crippen LogP contribution in [0.4, 0.5) is 18.9 Å². The van der Waals surface area contributed by atoms with E-state index >= 15 is 0 Å². The number of anilines is 1. The highest BCUT2D eigenvalue weighted by molar-refractivity contribution is 5.49. The Morgan fingerprint density at radius 1 is 1.46 bits per heavy atom. The predicted octanol–water partition coefficient (Wildman–Crippen LogP) is 1.20. The summed E-state index contributed by atoms with van der Waals surface area (Å²) in [5.41, 5.74) is 9.29. The van der Waals surface area contributed by atoms with Gasteiger partial charge in [0.15, 0.2) is 0 Å². The molecule has 0 bridgehead atoms. The zero-order valence-electron chi connectivity index (χ0n) is 6.60. The predicted molar refractivity (Wildman–Crippen MR) is 41.5 cm³/mol. The van der Waals surface area contributed by atoms with Crippen molar-refractivity contribution in [1.82, 2.24) is 4.98 Å². The van der Waals surface area contributed by atoms with E-state index in [0.29, 0.717) is 0 Å². The smallest absolute Gasteiger partial charge is 0.267 e. The molecular formula is C7H8F3N3. The maximum atomic E-state index is 12.6. The quantitative estimate of drug-likeness (QED) is 0.690. The Hall–Kier alpha value is -1.30. The van der Waals surface area contributed by atoms with Gasteiger partial charge in [-0.1, -0.05) is 0 Å². The summed E-state index contributed by atoms with van der Waals surface area (Å²) in [6.45, 7) is -0.262. The van der Waals surface area contributed by atoms with Gasteiger partial charge in [-0.2, -0.15) is 4.39 Å². The number of halogens is 3. The van der Waals surface area contributed by atoms with E-state index in [1.807, 2.05) is 0 Å². The number of alkyl halides is 2. The first kappa shape index (κ1) is 9.79. The highest BCUT2D eigenvalue weighted by atomic mass is 19.3. The van der Waals surface area contributed by atoms with Gasteiger partial charge < -0.3 is 11.5 Å². The Kier molecular flexibility index (Phi) is 2.72. The normalized spacial score (nSPS) is 10.8. The van der Waals surface area contributed by atoms with Crippen LogP contribution in [0.1, 0.15) is 17.7 Å². The van der Waals surface area contributed by atoms with Gasteiger partial charge >= 0.3 is 0 Å². The molecule has 1 aromatic rings. The van der Waals surface area contributed by atoms with Crippen LogP contribution in [0.2, 0.25) is 0 Å². The molecule has 0 atom stereocenters. The van der Waals surface area contributed by atoms with Gasteiger partial charge in [0.25, 0.3) is 6.43 Å². The molecule has 13 heavy (non-hydrogen) atoms. The summed E-state index contributed by atoms with van der Waals surface area (Å²) in [6, 6.07) is 0.751. The minimum absolute atomic E-state index is 0.201. The van der Waals surface area contributed by atoms with Crippen molar-refractivity contribution >= 4 is 5.69 Å². The summed E-state index contributed by atoms with van der Waals surface area (Å²) in [7, 11) is 0. The largest absolute Gasteiger partial charge is 0.398 e. The lowest BCUT2D eigenvalue weighted by Crippen LogP contribution is -2.09. The van der Waals surface area contributed by atoms with E-state index in [4.69, 9.17) is 11.5 Å². The van der Waals surface area contributed by atoms with Gasteiger partial charge in [-0.25, -0.2) is 13.8 Å². The summed E-state index contributed by atoms with van der Waals surface area (Å²) in [6.07, 6.45) is -2.79. The van der Waals surface area contributed by atoms with Crippen LogP contribution in [0.3, 0.4) is 0 Å². The van der Waals surface area contributed by atoms with Crippen LogP contribution in [0, 0.1) is 5.95 Å². The van der Waals surface area contributed by atoms with Crippen molar-refractivity contribution in [3.63, 3.8) is 0 Å². The second kappa shape index (κ2) is 3.61. The van der Waals surface area contributed by atoms with E-state index in [0.717, 1.165) is 6.07 Å². The minimum Gasteiger partial charge on any atom is -0.398 e. The van der Waals surface area contributed by atoms with E-state index in [-0.39, 0.29) is 17.9 Å². The molecule has 1 rings (SSSR count). The molecule has 0 spiro atoms. The van der Waals surface area contributed by atoms with Crippen LogP contribution in [0.15, 0.2) is 6.07 Å². The van der Waals surface area contributed by atoms with Gasteiger partial charge in [0.1, 0.15) is 0 Å². The van der Waals surface area contributed by atoms with Crippen LogP contribution >= 0.6 is 0 Å². The molecule has 6 heteroatoms. The molecule has 1 heterocycles. The number of rotatable bonds is 2. The molecule has 0 amide bonds. The first-order valence-electron chi connectivity index (χ1n) is 3.49. The van der Waals surface area contributed by atoms with E-state index < -0.39 is 17.9 Å². The van der Waals surface area contributed by atoms with Crippen molar-refractivity contribution in [2.24, 2.45) is 5.73 Å². The van der Waals surface area contributed by atoms with Crippen molar-refractivity contribution in [3.05, 3.63) is 23.3 Å². The Bertz CT molecular complexity index is 314. The molecule has 0 aliphatic rings. The van der Waals surface area contributed by atoms with Crippen LogP contribution in [-0.2, 0) is 6.54 Å². The summed E-state index contributed by atoms with van der Waals surface area (Å²) >= 11 is 0. The van der Waals surface area contributed by atoms with Crippen molar-refractivity contribution in [2.45, 2.75) is 13.0 Å². The van der Waals surface area contributed by atoms with Gasteiger partial charge in [0.05, 0.1) is 11.3 Å².